The van der Waals surface area contributed by atoms with Gasteiger partial charge < -0.3 is 60.4 Å². The average Bonchev–Trinajstić information content (AvgIpc) is 2.68. The molecule has 0 radical (unpaired) electrons. The van der Waals surface area contributed by atoms with Crippen molar-refractivity contribution in [3.05, 3.63) is 0 Å². The van der Waals surface area contributed by atoms with Crippen molar-refractivity contribution >= 4 is 16.0 Å². The highest BCUT2D eigenvalue weighted by molar-refractivity contribution is 7.87. The summed E-state index contributed by atoms with van der Waals surface area (Å²) in [4.78, 5) is 7.64. The van der Waals surface area contributed by atoms with Gasteiger partial charge in [0.15, 0.2) is 12.0 Å². The van der Waals surface area contributed by atoms with Gasteiger partial charge in [-0.1, -0.05) is 0 Å². The summed E-state index contributed by atoms with van der Waals surface area (Å²) < 4.78 is 48.3. The molecule has 2 fully saturated rings. The fourth-order valence-corrected chi connectivity index (χ4v) is 4.10. The lowest BCUT2D eigenvalue weighted by Crippen LogP contribution is -2.79. The van der Waals surface area contributed by atoms with Crippen LogP contribution < -0.4 is 5.32 Å². The number of amides is 1. The van der Waals surface area contributed by atoms with Crippen LogP contribution in [-0.4, -0.2) is 133 Å². The molecule has 0 aliphatic carbocycles. The molecule has 16 nitrogen and oxygen atoms in total. The molecule has 2 saturated heterocycles. The normalized spacial score (nSPS) is 46.5. The van der Waals surface area contributed by atoms with Crippen LogP contribution in [0.3, 0.4) is 0 Å². The predicted octanol–water partition coefficient (Wildman–Crippen LogP) is -6.72. The number of hydrogen-bond donors (Lipinski definition) is 10. The van der Waals surface area contributed by atoms with Crippen LogP contribution in [0.5, 0.6) is 0 Å². The first kappa shape index (κ1) is 26.2. The van der Waals surface area contributed by atoms with Gasteiger partial charge >= 0.3 is 10.1 Å². The van der Waals surface area contributed by atoms with E-state index in [-0.39, 0.29) is 0 Å². The fraction of sp³-hybridized carbons (Fsp3) is 0.929. The van der Waals surface area contributed by atoms with Gasteiger partial charge in [-0.2, -0.15) is 8.42 Å². The number of aliphatic hydroxyl groups is 8. The minimum atomic E-state index is -5.76. The minimum absolute atomic E-state index is 0.900. The SMILES string of the molecule is CC(=O)N[C@]1(CO)O[C@H](O[C@H]2[C@H](O)[C@@H](O)[C@H](O)O[C@@H]2CO)[C@](O)(S(=O)(=O)O)[C@@H](O)[C@H]1O. The minimum Gasteiger partial charge on any atom is -0.394 e. The van der Waals surface area contributed by atoms with Crippen LogP contribution in [0.1, 0.15) is 6.92 Å². The summed E-state index contributed by atoms with van der Waals surface area (Å²) in [5.74, 6) is -0.954. The molecule has 0 aromatic carbocycles. The molecule has 0 unspecified atom stereocenters. The molecule has 182 valence electrons. The zero-order valence-corrected chi connectivity index (χ0v) is 16.7. The Balaban J connectivity index is 2.54. The highest BCUT2D eigenvalue weighted by Gasteiger charge is 2.69. The fourth-order valence-electron chi connectivity index (χ4n) is 3.31. The van der Waals surface area contributed by atoms with Crippen molar-refractivity contribution in [1.82, 2.24) is 5.32 Å². The Morgan fingerprint density at radius 1 is 1.10 bits per heavy atom. The Hall–Kier alpha value is -1.06. The molecule has 0 spiro atoms. The number of nitrogens with one attached hydrogen (secondary N) is 1. The van der Waals surface area contributed by atoms with E-state index >= 15 is 0 Å². The summed E-state index contributed by atoms with van der Waals surface area (Å²) in [5.41, 5.74) is -2.67. The van der Waals surface area contributed by atoms with Crippen molar-refractivity contribution in [2.45, 2.75) is 66.8 Å². The van der Waals surface area contributed by atoms with Gasteiger partial charge in [0.25, 0.3) is 4.93 Å². The smallest absolute Gasteiger partial charge is 0.303 e. The van der Waals surface area contributed by atoms with Crippen molar-refractivity contribution in [3.8, 4) is 0 Å². The van der Waals surface area contributed by atoms with Gasteiger partial charge in [0.05, 0.1) is 13.2 Å². The Labute approximate surface area is 175 Å². The number of aliphatic hydroxyl groups excluding tert-OH is 7. The van der Waals surface area contributed by atoms with Crippen LogP contribution in [0.25, 0.3) is 0 Å². The summed E-state index contributed by atoms with van der Waals surface area (Å²) in [7, 11) is -5.76. The van der Waals surface area contributed by atoms with Gasteiger partial charge in [-0.25, -0.2) is 0 Å². The molecule has 2 aliphatic heterocycles. The van der Waals surface area contributed by atoms with Crippen LogP contribution in [0.2, 0.25) is 0 Å². The van der Waals surface area contributed by atoms with Crippen molar-refractivity contribution in [1.29, 1.82) is 0 Å². The van der Waals surface area contributed by atoms with E-state index < -0.39 is 89.1 Å². The lowest BCUT2D eigenvalue weighted by atomic mass is 9.92. The second-order valence-corrected chi connectivity index (χ2v) is 8.73. The van der Waals surface area contributed by atoms with E-state index in [0.29, 0.717) is 0 Å². The Morgan fingerprint density at radius 3 is 2.13 bits per heavy atom. The van der Waals surface area contributed by atoms with E-state index in [1.165, 1.54) is 0 Å². The number of carbonyl (C=O) groups is 1. The molecule has 0 aromatic rings. The van der Waals surface area contributed by atoms with E-state index in [1.54, 1.807) is 0 Å². The average molecular weight is 479 g/mol. The summed E-state index contributed by atoms with van der Waals surface area (Å²) in [6.45, 7) is -1.39. The maximum atomic E-state index is 11.9. The maximum Gasteiger partial charge on any atom is 0.303 e. The summed E-state index contributed by atoms with van der Waals surface area (Å²) >= 11 is 0. The van der Waals surface area contributed by atoms with Crippen molar-refractivity contribution in [3.63, 3.8) is 0 Å². The van der Waals surface area contributed by atoms with Crippen LogP contribution in [0, 0.1) is 0 Å². The number of rotatable bonds is 6. The highest BCUT2D eigenvalue weighted by Crippen LogP contribution is 2.40. The first-order valence-electron chi connectivity index (χ1n) is 8.75. The van der Waals surface area contributed by atoms with Crippen LogP contribution in [-0.2, 0) is 29.1 Å². The Morgan fingerprint density at radius 2 is 1.68 bits per heavy atom. The van der Waals surface area contributed by atoms with Gasteiger partial charge in [-0.05, 0) is 0 Å². The molecule has 10 N–H and O–H groups in total. The third-order valence-corrected chi connectivity index (χ3v) is 6.27. The van der Waals surface area contributed by atoms with E-state index in [2.05, 4.69) is 0 Å². The van der Waals surface area contributed by atoms with Gasteiger partial charge in [-0.3, -0.25) is 9.35 Å². The molecule has 2 heterocycles. The summed E-state index contributed by atoms with van der Waals surface area (Å²) in [5, 5.41) is 81.6. The topological polar surface area (TPSA) is 273 Å². The second kappa shape index (κ2) is 9.06. The van der Waals surface area contributed by atoms with E-state index in [9.17, 15) is 58.6 Å². The summed E-state index contributed by atoms with van der Waals surface area (Å²) in [6, 6.07) is 0. The first-order chi connectivity index (χ1) is 14.2. The molecule has 0 aromatic heterocycles. The predicted molar refractivity (Wildman–Crippen MR) is 91.9 cm³/mol. The van der Waals surface area contributed by atoms with Crippen LogP contribution in [0.4, 0.5) is 0 Å². The lowest BCUT2D eigenvalue weighted by Gasteiger charge is -2.52. The van der Waals surface area contributed by atoms with Crippen molar-refractivity contribution < 1.29 is 72.8 Å². The van der Waals surface area contributed by atoms with E-state index in [0.717, 1.165) is 6.92 Å². The van der Waals surface area contributed by atoms with E-state index in [1.807, 2.05) is 5.32 Å². The monoisotopic (exact) mass is 479 g/mol. The molecule has 0 bridgehead atoms. The molecule has 0 saturated carbocycles. The lowest BCUT2D eigenvalue weighted by molar-refractivity contribution is -0.387. The van der Waals surface area contributed by atoms with Crippen LogP contribution >= 0.6 is 0 Å². The van der Waals surface area contributed by atoms with Gasteiger partial charge in [-0.15, -0.1) is 0 Å². The maximum absolute atomic E-state index is 11.9. The molecule has 2 aliphatic rings. The molecule has 31 heavy (non-hydrogen) atoms. The van der Waals surface area contributed by atoms with Crippen molar-refractivity contribution in [2.75, 3.05) is 13.2 Å². The third-order valence-electron chi connectivity index (χ3n) is 5.01. The van der Waals surface area contributed by atoms with Gasteiger partial charge in [0.2, 0.25) is 12.2 Å². The quantitative estimate of drug-likeness (QED) is 0.159. The molecular weight excluding hydrogens is 454 g/mol. The van der Waals surface area contributed by atoms with Gasteiger partial charge in [0.1, 0.15) is 36.6 Å². The van der Waals surface area contributed by atoms with E-state index in [4.69, 9.17) is 14.2 Å². The zero-order chi connectivity index (χ0) is 23.9. The standard InChI is InChI=1S/C14H25NO15S/c1-4(18)15-13(3-17)9(21)10(22)14(24,31(25,26)27)12(30-13)29-8-5(2-16)28-11(23)7(20)6(8)19/h5-12,16-17,19-24H,2-3H2,1H3,(H,15,18)(H,25,26,27)/t5-,6-,7-,8-,9-,10+,11-,12+,13-,14-/m1/s1. The molecular formula is C14H25NO15S. The Bertz CT molecular complexity index is 763. The second-order valence-electron chi connectivity index (χ2n) is 7.12. The highest BCUT2D eigenvalue weighted by atomic mass is 32.2. The molecule has 1 amide bonds. The third kappa shape index (κ3) is 4.42. The van der Waals surface area contributed by atoms with Crippen molar-refractivity contribution in [2.24, 2.45) is 0 Å². The van der Waals surface area contributed by atoms with Gasteiger partial charge in [0, 0.05) is 6.92 Å². The Kier molecular flexibility index (Phi) is 7.65. The molecule has 17 heteroatoms. The summed E-state index contributed by atoms with van der Waals surface area (Å²) in [6.07, 6.45) is -17.9. The number of ether oxygens (including phenoxy) is 3. The number of carbonyl (C=O) groups excluding carboxylic acids is 1. The van der Waals surface area contributed by atoms with Crippen LogP contribution in [0.15, 0.2) is 0 Å². The zero-order valence-electron chi connectivity index (χ0n) is 15.9. The molecule has 2 rings (SSSR count). The largest absolute Gasteiger partial charge is 0.394 e. The molecule has 10 atom stereocenters. The first-order valence-corrected chi connectivity index (χ1v) is 10.2. The number of hydrogen-bond acceptors (Lipinski definition) is 14.